The maximum Gasteiger partial charge on any atom is 0.207 e. The Bertz CT molecular complexity index is 551. The van der Waals surface area contributed by atoms with Gasteiger partial charge in [0.2, 0.25) is 5.95 Å². The highest BCUT2D eigenvalue weighted by atomic mass is 79.9. The Labute approximate surface area is 114 Å². The lowest BCUT2D eigenvalue weighted by atomic mass is 10.2. The fourth-order valence-corrected chi connectivity index (χ4v) is 2.21. The monoisotopic (exact) mass is 311 g/mol. The highest BCUT2D eigenvalue weighted by molar-refractivity contribution is 9.10. The molecule has 1 N–H and O–H groups in total. The Balaban J connectivity index is 2.28. The average molecular weight is 312 g/mol. The van der Waals surface area contributed by atoms with Gasteiger partial charge in [-0.25, -0.2) is 9.37 Å². The van der Waals surface area contributed by atoms with Gasteiger partial charge in [0.15, 0.2) is 0 Å². The lowest BCUT2D eigenvalue weighted by Crippen LogP contribution is -2.04. The van der Waals surface area contributed by atoms with Crippen LogP contribution in [0, 0.1) is 12.7 Å². The fourth-order valence-electron chi connectivity index (χ4n) is 1.76. The van der Waals surface area contributed by atoms with Crippen LogP contribution in [0.1, 0.15) is 18.9 Å². The third kappa shape index (κ3) is 2.72. The van der Waals surface area contributed by atoms with Crippen LogP contribution in [0.25, 0.3) is 0 Å². The van der Waals surface area contributed by atoms with Crippen molar-refractivity contribution in [3.8, 4) is 0 Å². The zero-order valence-corrected chi connectivity index (χ0v) is 12.0. The van der Waals surface area contributed by atoms with E-state index < -0.39 is 0 Å². The van der Waals surface area contributed by atoms with E-state index in [1.807, 2.05) is 17.7 Å². The number of nitrogens with one attached hydrogen (secondary N) is 1. The van der Waals surface area contributed by atoms with Crippen LogP contribution in [0.4, 0.5) is 16.0 Å². The molecule has 0 fully saturated rings. The molecule has 2 aromatic rings. The van der Waals surface area contributed by atoms with Crippen molar-refractivity contribution in [2.24, 2.45) is 0 Å². The van der Waals surface area contributed by atoms with Crippen LogP contribution in [-0.2, 0) is 6.54 Å². The van der Waals surface area contributed by atoms with Crippen molar-refractivity contribution < 1.29 is 4.39 Å². The molecule has 0 bridgehead atoms. The zero-order valence-electron chi connectivity index (χ0n) is 10.4. The number of imidazole rings is 1. The molecule has 0 spiro atoms. The Kier molecular flexibility index (Phi) is 4.01. The van der Waals surface area contributed by atoms with Crippen molar-refractivity contribution >= 4 is 27.6 Å². The van der Waals surface area contributed by atoms with E-state index in [1.165, 1.54) is 6.07 Å². The van der Waals surface area contributed by atoms with Gasteiger partial charge in [-0.2, -0.15) is 0 Å². The number of hydrogen-bond acceptors (Lipinski definition) is 2. The predicted octanol–water partition coefficient (Wildman–Crippen LogP) is 4.25. The summed E-state index contributed by atoms with van der Waals surface area (Å²) in [6.45, 7) is 4.92. The smallest absolute Gasteiger partial charge is 0.207 e. The molecule has 0 aliphatic carbocycles. The lowest BCUT2D eigenvalue weighted by molar-refractivity contribution is 0.621. The zero-order chi connectivity index (χ0) is 13.1. The van der Waals surface area contributed by atoms with Gasteiger partial charge in [0.1, 0.15) is 5.82 Å². The van der Waals surface area contributed by atoms with Gasteiger partial charge in [0.25, 0.3) is 0 Å². The van der Waals surface area contributed by atoms with Crippen molar-refractivity contribution in [2.45, 2.75) is 26.8 Å². The number of aryl methyl sites for hydroxylation is 2. The van der Waals surface area contributed by atoms with Gasteiger partial charge in [-0.15, -0.1) is 0 Å². The van der Waals surface area contributed by atoms with E-state index in [4.69, 9.17) is 0 Å². The summed E-state index contributed by atoms with van der Waals surface area (Å²) in [6, 6.07) is 3.23. The van der Waals surface area contributed by atoms with Crippen LogP contribution >= 0.6 is 15.9 Å². The van der Waals surface area contributed by atoms with Gasteiger partial charge in [-0.3, -0.25) is 0 Å². The summed E-state index contributed by atoms with van der Waals surface area (Å²) in [5, 5.41) is 3.16. The van der Waals surface area contributed by atoms with E-state index in [1.54, 1.807) is 12.3 Å². The molecule has 1 aromatic heterocycles. The van der Waals surface area contributed by atoms with Crippen LogP contribution < -0.4 is 5.32 Å². The van der Waals surface area contributed by atoms with Gasteiger partial charge >= 0.3 is 0 Å². The van der Waals surface area contributed by atoms with Gasteiger partial charge < -0.3 is 9.88 Å². The molecule has 0 aliphatic rings. The van der Waals surface area contributed by atoms with Crippen molar-refractivity contribution in [1.82, 2.24) is 9.55 Å². The predicted molar refractivity (Wildman–Crippen MR) is 74.6 cm³/mol. The summed E-state index contributed by atoms with van der Waals surface area (Å²) in [7, 11) is 0. The van der Waals surface area contributed by atoms with Crippen LogP contribution in [0.15, 0.2) is 29.0 Å². The number of aromatic nitrogens is 2. The molecule has 0 amide bonds. The Hall–Kier alpha value is -1.36. The van der Waals surface area contributed by atoms with Crippen LogP contribution in [0.2, 0.25) is 0 Å². The summed E-state index contributed by atoms with van der Waals surface area (Å²) in [4.78, 5) is 4.24. The minimum absolute atomic E-state index is 0.281. The standard InChI is InChI=1S/C13H15BrFN3/c1-3-5-18-6-4-16-13(18)17-12-8-11(15)10(14)7-9(12)2/h4,6-8H,3,5H2,1-2H3,(H,16,17). The molecule has 1 aromatic carbocycles. The minimum atomic E-state index is -0.281. The van der Waals surface area contributed by atoms with Gasteiger partial charge in [0.05, 0.1) is 4.47 Å². The molecular weight excluding hydrogens is 297 g/mol. The van der Waals surface area contributed by atoms with Gasteiger partial charge in [-0.1, -0.05) is 6.92 Å². The highest BCUT2D eigenvalue weighted by Crippen LogP contribution is 2.26. The molecule has 2 rings (SSSR count). The van der Waals surface area contributed by atoms with Crippen molar-refractivity contribution in [3.63, 3.8) is 0 Å². The second-order valence-electron chi connectivity index (χ2n) is 4.15. The topological polar surface area (TPSA) is 29.9 Å². The number of anilines is 2. The Morgan fingerprint density at radius 1 is 1.44 bits per heavy atom. The number of benzene rings is 1. The molecule has 0 aliphatic heterocycles. The molecule has 0 atom stereocenters. The molecule has 5 heteroatoms. The third-order valence-corrected chi connectivity index (χ3v) is 3.30. The van der Waals surface area contributed by atoms with E-state index in [0.29, 0.717) is 4.47 Å². The quantitative estimate of drug-likeness (QED) is 0.915. The molecule has 1 heterocycles. The van der Waals surface area contributed by atoms with Gasteiger partial charge in [-0.05, 0) is 47.0 Å². The number of rotatable bonds is 4. The first-order chi connectivity index (χ1) is 8.61. The molecule has 3 nitrogen and oxygen atoms in total. The number of hydrogen-bond donors (Lipinski definition) is 1. The summed E-state index contributed by atoms with van der Waals surface area (Å²) < 4.78 is 16.0. The van der Waals surface area contributed by atoms with Crippen LogP contribution in [-0.4, -0.2) is 9.55 Å². The SMILES string of the molecule is CCCn1ccnc1Nc1cc(F)c(Br)cc1C. The summed E-state index contributed by atoms with van der Waals surface area (Å²) in [6.07, 6.45) is 4.68. The molecule has 0 unspecified atom stereocenters. The Morgan fingerprint density at radius 3 is 2.94 bits per heavy atom. The largest absolute Gasteiger partial charge is 0.325 e. The maximum absolute atomic E-state index is 13.5. The normalized spacial score (nSPS) is 10.7. The van der Waals surface area contributed by atoms with E-state index in [2.05, 4.69) is 33.2 Å². The van der Waals surface area contributed by atoms with Crippen LogP contribution in [0.5, 0.6) is 0 Å². The van der Waals surface area contributed by atoms with E-state index >= 15 is 0 Å². The third-order valence-electron chi connectivity index (χ3n) is 2.69. The molecule has 96 valence electrons. The molecule has 0 saturated carbocycles. The first kappa shape index (κ1) is 13.1. The first-order valence-corrected chi connectivity index (χ1v) is 6.65. The Morgan fingerprint density at radius 2 is 2.22 bits per heavy atom. The summed E-state index contributed by atoms with van der Waals surface area (Å²) in [5.74, 6) is 0.457. The molecule has 18 heavy (non-hydrogen) atoms. The van der Waals surface area contributed by atoms with Crippen LogP contribution in [0.3, 0.4) is 0 Å². The first-order valence-electron chi connectivity index (χ1n) is 5.85. The van der Waals surface area contributed by atoms with E-state index in [-0.39, 0.29) is 5.82 Å². The molecule has 0 saturated heterocycles. The summed E-state index contributed by atoms with van der Waals surface area (Å²) >= 11 is 3.17. The van der Waals surface area contributed by atoms with E-state index in [0.717, 1.165) is 30.2 Å². The second kappa shape index (κ2) is 5.52. The van der Waals surface area contributed by atoms with E-state index in [9.17, 15) is 4.39 Å². The average Bonchev–Trinajstić information content (AvgIpc) is 2.74. The van der Waals surface area contributed by atoms with Gasteiger partial charge in [0, 0.05) is 24.6 Å². The maximum atomic E-state index is 13.5. The van der Waals surface area contributed by atoms with Crippen molar-refractivity contribution in [2.75, 3.05) is 5.32 Å². The van der Waals surface area contributed by atoms with Crippen molar-refractivity contribution in [3.05, 3.63) is 40.4 Å². The highest BCUT2D eigenvalue weighted by Gasteiger charge is 2.08. The molecule has 0 radical (unpaired) electrons. The number of nitrogens with zero attached hydrogens (tertiary/aromatic N) is 2. The minimum Gasteiger partial charge on any atom is -0.325 e. The number of halogens is 2. The summed E-state index contributed by atoms with van der Waals surface area (Å²) in [5.41, 5.74) is 1.70. The molecular formula is C13H15BrFN3. The lowest BCUT2D eigenvalue weighted by Gasteiger charge is -2.11. The van der Waals surface area contributed by atoms with Crippen molar-refractivity contribution in [1.29, 1.82) is 0 Å². The fraction of sp³-hybridized carbons (Fsp3) is 0.308. The second-order valence-corrected chi connectivity index (χ2v) is 5.00.